The molecule has 0 fully saturated rings. The third-order valence-electron chi connectivity index (χ3n) is 16.9. The highest BCUT2D eigenvalue weighted by atomic mass is 32.1. The van der Waals surface area contributed by atoms with Crippen molar-refractivity contribution < 1.29 is 0 Å². The average molecular weight is 1080 g/mol. The van der Waals surface area contributed by atoms with Gasteiger partial charge in [-0.2, -0.15) is 0 Å². The first-order valence-corrected chi connectivity index (χ1v) is 29.5. The Hall–Kier alpha value is -9.98. The fourth-order valence-electron chi connectivity index (χ4n) is 13.2. The second kappa shape index (κ2) is 18.8. The van der Waals surface area contributed by atoms with E-state index in [2.05, 4.69) is 267 Å². The second-order valence-corrected chi connectivity index (χ2v) is 23.7. The van der Waals surface area contributed by atoms with Gasteiger partial charge in [-0.15, -0.1) is 22.7 Å². The minimum absolute atomic E-state index is 0.0178. The summed E-state index contributed by atoms with van der Waals surface area (Å²) >= 11 is 3.70. The summed E-state index contributed by atoms with van der Waals surface area (Å²) in [5.74, 6) is 1.44. The van der Waals surface area contributed by atoms with E-state index in [0.717, 1.165) is 67.3 Å². The summed E-state index contributed by atoms with van der Waals surface area (Å²) in [7, 11) is 0. The number of thiophene rings is 2. The SMILES string of the molecule is c1ccc(-c2cc(-c3cccc(-c4cccc5sc6ccccc6c45)c3)nc(-c3ccc4c(c3)C3c5ccccc5[C@H]4c4cc(-c5nc(-c6ccccc6)cc(-c6cccc(-c7cccc8sc9ccccc9c78)c6)n5)ccc43)n2)cc1. The topological polar surface area (TPSA) is 51.6 Å². The number of nitrogens with zero attached hydrogens (tertiary/aromatic N) is 4. The van der Waals surface area contributed by atoms with Crippen LogP contribution in [0.25, 0.3) is 130 Å². The molecule has 1 unspecified atom stereocenters. The number of hydrogen-bond donors (Lipinski definition) is 0. The van der Waals surface area contributed by atoms with E-state index in [9.17, 15) is 0 Å². The van der Waals surface area contributed by atoms with Gasteiger partial charge in [-0.25, -0.2) is 19.9 Å². The van der Waals surface area contributed by atoms with Crippen LogP contribution in [0.5, 0.6) is 0 Å². The second-order valence-electron chi connectivity index (χ2n) is 21.6. The van der Waals surface area contributed by atoms with E-state index in [-0.39, 0.29) is 11.8 Å². The Bertz CT molecular complexity index is 4760. The Morgan fingerprint density at radius 1 is 0.232 bits per heavy atom. The Labute approximate surface area is 482 Å². The highest BCUT2D eigenvalue weighted by molar-refractivity contribution is 7.26. The van der Waals surface area contributed by atoms with Gasteiger partial charge >= 0.3 is 0 Å². The van der Waals surface area contributed by atoms with Crippen LogP contribution < -0.4 is 0 Å². The van der Waals surface area contributed by atoms with Crippen molar-refractivity contribution in [2.45, 2.75) is 11.8 Å². The lowest BCUT2D eigenvalue weighted by molar-refractivity contribution is 0.754. The van der Waals surface area contributed by atoms with Gasteiger partial charge in [-0.1, -0.05) is 206 Å². The molecule has 0 spiro atoms. The van der Waals surface area contributed by atoms with Gasteiger partial charge in [-0.3, -0.25) is 0 Å². The molecule has 3 aliphatic carbocycles. The first-order chi connectivity index (χ1) is 40.6. The van der Waals surface area contributed by atoms with Crippen LogP contribution in [0.2, 0.25) is 0 Å². The maximum atomic E-state index is 5.46. The molecule has 6 heteroatoms. The van der Waals surface area contributed by atoms with Crippen molar-refractivity contribution in [3.63, 3.8) is 0 Å². The van der Waals surface area contributed by atoms with Crippen LogP contribution in [0.3, 0.4) is 0 Å². The normalized spacial score (nSPS) is 14.1. The summed E-state index contributed by atoms with van der Waals surface area (Å²) < 4.78 is 5.18. The van der Waals surface area contributed by atoms with Crippen LogP contribution in [0.15, 0.2) is 267 Å². The minimum Gasteiger partial charge on any atom is -0.228 e. The molecule has 11 aromatic carbocycles. The van der Waals surface area contributed by atoms with Crippen LogP contribution in [0.1, 0.15) is 45.2 Å². The highest BCUT2D eigenvalue weighted by Gasteiger charge is 2.41. The third-order valence-corrected chi connectivity index (χ3v) is 19.2. The maximum Gasteiger partial charge on any atom is 0.160 e. The quantitative estimate of drug-likeness (QED) is 0.152. The molecule has 2 atom stereocenters. The smallest absolute Gasteiger partial charge is 0.160 e. The molecule has 0 N–H and O–H groups in total. The standard InChI is InChI=1S/C76H46N4S2/c1-3-17-45(18-4-1)63-43-65(49-23-13-21-47(39-49)53-29-15-33-69-73(53)59-27-9-11-31-67(59)81-69)79-75(77-63)51-35-37-57-61(41-51)71-55-25-7-8-26-56(55)72(57)62-42-52(36-38-58(62)71)76-78-64(46-19-5-2-6-20-46)44-66(80-76)50-24-14-22-48(40-50)54-30-16-34-70-74(54)60-28-10-12-32-68(60)82-70/h1-44,71-72H/t71-,72?/m1/s1. The zero-order valence-corrected chi connectivity index (χ0v) is 45.8. The summed E-state index contributed by atoms with van der Waals surface area (Å²) in [6.45, 7) is 0. The molecule has 3 aliphatic rings. The molecule has 4 heterocycles. The number of fused-ring (bicyclic) bond motifs is 6. The van der Waals surface area contributed by atoms with Crippen LogP contribution in [-0.2, 0) is 0 Å². The van der Waals surface area contributed by atoms with Gasteiger partial charge < -0.3 is 0 Å². The number of hydrogen-bond acceptors (Lipinski definition) is 6. The van der Waals surface area contributed by atoms with Gasteiger partial charge in [0.2, 0.25) is 0 Å². The number of aromatic nitrogens is 4. The van der Waals surface area contributed by atoms with Gasteiger partial charge in [0.1, 0.15) is 0 Å². The van der Waals surface area contributed by atoms with Crippen molar-refractivity contribution in [2.75, 3.05) is 0 Å². The largest absolute Gasteiger partial charge is 0.228 e. The molecule has 382 valence electrons. The molecular formula is C76H46N4S2. The molecule has 0 amide bonds. The Morgan fingerprint density at radius 2 is 0.585 bits per heavy atom. The molecule has 82 heavy (non-hydrogen) atoms. The first-order valence-electron chi connectivity index (χ1n) is 27.9. The van der Waals surface area contributed by atoms with E-state index in [1.165, 1.54) is 84.9 Å². The summed E-state index contributed by atoms with van der Waals surface area (Å²) in [5.41, 5.74) is 22.4. The first kappa shape index (κ1) is 46.9. The maximum absolute atomic E-state index is 5.46. The summed E-state index contributed by atoms with van der Waals surface area (Å²) in [6, 6.07) is 96.8. The summed E-state index contributed by atoms with van der Waals surface area (Å²) in [5, 5.41) is 5.17. The van der Waals surface area contributed by atoms with E-state index >= 15 is 0 Å². The van der Waals surface area contributed by atoms with Gasteiger partial charge in [-0.05, 0) is 116 Å². The third kappa shape index (κ3) is 7.63. The van der Waals surface area contributed by atoms with E-state index in [4.69, 9.17) is 19.9 Å². The fraction of sp³-hybridized carbons (Fsp3) is 0.0263. The molecule has 0 saturated carbocycles. The molecule has 4 nitrogen and oxygen atoms in total. The van der Waals surface area contributed by atoms with E-state index < -0.39 is 0 Å². The van der Waals surface area contributed by atoms with E-state index in [0.29, 0.717) is 11.6 Å². The molecule has 0 aliphatic heterocycles. The lowest BCUT2D eigenvalue weighted by atomic mass is 9.61. The average Bonchev–Trinajstić information content (AvgIpc) is 1.51. The predicted molar refractivity (Wildman–Crippen MR) is 342 cm³/mol. The van der Waals surface area contributed by atoms with Crippen molar-refractivity contribution in [3.8, 4) is 90.1 Å². The molecule has 18 rings (SSSR count). The summed E-state index contributed by atoms with van der Waals surface area (Å²) in [6.07, 6.45) is 0. The van der Waals surface area contributed by atoms with Crippen LogP contribution >= 0.6 is 22.7 Å². The molecular weight excluding hydrogens is 1030 g/mol. The minimum atomic E-state index is 0.0178. The van der Waals surface area contributed by atoms with Crippen molar-refractivity contribution >= 4 is 63.0 Å². The monoisotopic (exact) mass is 1080 g/mol. The van der Waals surface area contributed by atoms with E-state index in [1.54, 1.807) is 0 Å². The highest BCUT2D eigenvalue weighted by Crippen LogP contribution is 2.57. The number of rotatable bonds is 8. The molecule has 4 aromatic heterocycles. The van der Waals surface area contributed by atoms with Gasteiger partial charge in [0, 0.05) is 85.6 Å². The Balaban J connectivity index is 0.769. The Morgan fingerprint density at radius 3 is 1.05 bits per heavy atom. The lowest BCUT2D eigenvalue weighted by Gasteiger charge is -2.42. The molecule has 2 bridgehead atoms. The summed E-state index contributed by atoms with van der Waals surface area (Å²) in [4.78, 5) is 21.7. The molecule has 0 saturated heterocycles. The van der Waals surface area contributed by atoms with E-state index in [1.807, 2.05) is 22.7 Å². The predicted octanol–water partition coefficient (Wildman–Crippen LogP) is 20.3. The fourth-order valence-corrected chi connectivity index (χ4v) is 15.4. The van der Waals surface area contributed by atoms with Gasteiger partial charge in [0.05, 0.1) is 22.8 Å². The Kier molecular flexibility index (Phi) is 10.8. The number of benzene rings is 11. The van der Waals surface area contributed by atoms with Crippen LogP contribution in [0.4, 0.5) is 0 Å². The van der Waals surface area contributed by atoms with Crippen LogP contribution in [-0.4, -0.2) is 19.9 Å². The zero-order valence-electron chi connectivity index (χ0n) is 44.2. The van der Waals surface area contributed by atoms with Crippen molar-refractivity contribution in [1.29, 1.82) is 0 Å². The van der Waals surface area contributed by atoms with Gasteiger partial charge in [0.15, 0.2) is 11.6 Å². The van der Waals surface area contributed by atoms with Crippen molar-refractivity contribution in [1.82, 2.24) is 19.9 Å². The molecule has 0 radical (unpaired) electrons. The van der Waals surface area contributed by atoms with Crippen LogP contribution in [0, 0.1) is 0 Å². The zero-order chi connectivity index (χ0) is 53.8. The van der Waals surface area contributed by atoms with Crippen molar-refractivity contribution in [3.05, 3.63) is 300 Å². The van der Waals surface area contributed by atoms with Crippen molar-refractivity contribution in [2.24, 2.45) is 0 Å². The van der Waals surface area contributed by atoms with Gasteiger partial charge in [0.25, 0.3) is 0 Å². The molecule has 15 aromatic rings. The lowest BCUT2D eigenvalue weighted by Crippen LogP contribution is -2.27.